The molecule has 0 radical (unpaired) electrons. The Morgan fingerprint density at radius 2 is 2.14 bits per heavy atom. The molecule has 6 heteroatoms. The van der Waals surface area contributed by atoms with Crippen LogP contribution in [-0.2, 0) is 11.3 Å². The summed E-state index contributed by atoms with van der Waals surface area (Å²) in [4.78, 5) is 14.1. The minimum Gasteiger partial charge on any atom is -0.334 e. The molecule has 0 aromatic carbocycles. The maximum atomic E-state index is 12.3. The zero-order valence-electron chi connectivity index (χ0n) is 13.3. The molecule has 118 valence electrons. The number of halogens is 1. The minimum atomic E-state index is -0.476. The third-order valence-corrected chi connectivity index (χ3v) is 4.30. The maximum absolute atomic E-state index is 12.3. The molecule has 1 fully saturated rings. The number of aryl methyl sites for hydroxylation is 1. The van der Waals surface area contributed by atoms with Crippen LogP contribution in [0.3, 0.4) is 0 Å². The second kappa shape index (κ2) is 6.36. The normalized spacial score (nSPS) is 20.3. The third-order valence-electron chi connectivity index (χ3n) is 3.91. The van der Waals surface area contributed by atoms with Gasteiger partial charge in [-0.1, -0.05) is 25.4 Å². The van der Waals surface area contributed by atoms with Crippen molar-refractivity contribution in [2.24, 2.45) is 11.7 Å². The van der Waals surface area contributed by atoms with Gasteiger partial charge in [0.15, 0.2) is 0 Å². The predicted molar refractivity (Wildman–Crippen MR) is 84.1 cm³/mol. The number of nitrogens with zero attached hydrogens (tertiary/aromatic N) is 3. The lowest BCUT2D eigenvalue weighted by atomic mass is 10.1. The molecule has 0 saturated carbocycles. The van der Waals surface area contributed by atoms with E-state index in [9.17, 15) is 4.79 Å². The van der Waals surface area contributed by atoms with E-state index in [1.54, 1.807) is 6.92 Å². The van der Waals surface area contributed by atoms with Crippen LogP contribution < -0.4 is 5.73 Å². The van der Waals surface area contributed by atoms with Gasteiger partial charge in [0, 0.05) is 18.7 Å². The first-order chi connectivity index (χ1) is 9.82. The molecule has 2 rings (SSSR count). The molecule has 0 bridgehead atoms. The Morgan fingerprint density at radius 3 is 2.71 bits per heavy atom. The lowest BCUT2D eigenvalue weighted by molar-refractivity contribution is -0.133. The fraction of sp³-hybridized carbons (Fsp3) is 0.733. The fourth-order valence-corrected chi connectivity index (χ4v) is 3.37. The largest absolute Gasteiger partial charge is 0.334 e. The number of carbonyl (C=O) groups is 1. The highest BCUT2D eigenvalue weighted by molar-refractivity contribution is 6.30. The number of likely N-dealkylation sites (tertiary alicyclic amines) is 1. The van der Waals surface area contributed by atoms with Crippen LogP contribution in [0.15, 0.2) is 0 Å². The van der Waals surface area contributed by atoms with Crippen molar-refractivity contribution in [1.82, 2.24) is 14.7 Å². The Balaban J connectivity index is 2.32. The monoisotopic (exact) mass is 312 g/mol. The van der Waals surface area contributed by atoms with Crippen molar-refractivity contribution >= 4 is 17.5 Å². The highest BCUT2D eigenvalue weighted by atomic mass is 35.5. The number of hydrogen-bond acceptors (Lipinski definition) is 3. The van der Waals surface area contributed by atoms with Crippen LogP contribution in [0.25, 0.3) is 0 Å². The van der Waals surface area contributed by atoms with Crippen molar-refractivity contribution in [3.63, 3.8) is 0 Å². The van der Waals surface area contributed by atoms with Crippen LogP contribution in [0.1, 0.15) is 50.9 Å². The van der Waals surface area contributed by atoms with Gasteiger partial charge in [-0.25, -0.2) is 0 Å². The average Bonchev–Trinajstić information content (AvgIpc) is 2.94. The molecule has 2 atom stereocenters. The maximum Gasteiger partial charge on any atom is 0.239 e. The highest BCUT2D eigenvalue weighted by Gasteiger charge is 2.35. The summed E-state index contributed by atoms with van der Waals surface area (Å²) < 4.78 is 1.85. The zero-order valence-corrected chi connectivity index (χ0v) is 14.0. The van der Waals surface area contributed by atoms with E-state index in [1.807, 2.05) is 16.5 Å². The quantitative estimate of drug-likeness (QED) is 0.929. The lowest BCUT2D eigenvalue weighted by Crippen LogP contribution is -2.41. The summed E-state index contributed by atoms with van der Waals surface area (Å²) in [6.07, 6.45) is 1.90. The molecule has 0 spiro atoms. The van der Waals surface area contributed by atoms with Crippen LogP contribution in [0.2, 0.25) is 5.15 Å². The van der Waals surface area contributed by atoms with Crippen LogP contribution in [0, 0.1) is 12.8 Å². The van der Waals surface area contributed by atoms with Crippen molar-refractivity contribution in [1.29, 1.82) is 0 Å². The van der Waals surface area contributed by atoms with Crippen LogP contribution in [0.5, 0.6) is 0 Å². The van der Waals surface area contributed by atoms with Gasteiger partial charge in [-0.15, -0.1) is 0 Å². The summed E-state index contributed by atoms with van der Waals surface area (Å²) in [6, 6.07) is -0.465. The number of rotatable bonds is 4. The molecule has 1 unspecified atom stereocenters. The highest BCUT2D eigenvalue weighted by Crippen LogP contribution is 2.38. The summed E-state index contributed by atoms with van der Waals surface area (Å²) in [7, 11) is 0. The Labute approximate surface area is 131 Å². The SMILES string of the molecule is Cc1nn(CC(C)C)c(Cl)c1C1CCCN1C(=O)[C@@H](C)N. The van der Waals surface area contributed by atoms with Crippen molar-refractivity contribution < 1.29 is 4.79 Å². The van der Waals surface area contributed by atoms with E-state index < -0.39 is 6.04 Å². The van der Waals surface area contributed by atoms with Crippen LogP contribution >= 0.6 is 11.6 Å². The lowest BCUT2D eigenvalue weighted by Gasteiger charge is -2.26. The predicted octanol–water partition coefficient (Wildman–Crippen LogP) is 2.51. The Kier molecular flexibility index (Phi) is 4.94. The topological polar surface area (TPSA) is 64.2 Å². The van der Waals surface area contributed by atoms with Crippen molar-refractivity contribution in [2.45, 2.75) is 59.2 Å². The van der Waals surface area contributed by atoms with E-state index in [-0.39, 0.29) is 11.9 Å². The molecule has 1 saturated heterocycles. The molecule has 21 heavy (non-hydrogen) atoms. The number of hydrogen-bond donors (Lipinski definition) is 1. The van der Waals surface area contributed by atoms with Gasteiger partial charge in [0.05, 0.1) is 17.8 Å². The molecule has 1 aromatic heterocycles. The molecular weight excluding hydrogens is 288 g/mol. The molecule has 1 aliphatic rings. The first-order valence-corrected chi connectivity index (χ1v) is 7.99. The molecular formula is C15H25ClN4O. The van der Waals surface area contributed by atoms with E-state index >= 15 is 0 Å². The van der Waals surface area contributed by atoms with Gasteiger partial charge in [0.25, 0.3) is 0 Å². The molecule has 2 N–H and O–H groups in total. The first kappa shape index (κ1) is 16.3. The second-order valence-corrected chi connectivity index (χ2v) is 6.70. The van der Waals surface area contributed by atoms with Crippen molar-refractivity contribution in [3.05, 3.63) is 16.4 Å². The Bertz CT molecular complexity index is 524. The number of nitrogens with two attached hydrogens (primary N) is 1. The van der Waals surface area contributed by atoms with Gasteiger partial charge >= 0.3 is 0 Å². The number of aromatic nitrogens is 2. The van der Waals surface area contributed by atoms with Crippen LogP contribution in [0.4, 0.5) is 0 Å². The molecule has 1 amide bonds. The van der Waals surface area contributed by atoms with E-state index in [0.717, 1.165) is 37.2 Å². The molecule has 1 aliphatic heterocycles. The van der Waals surface area contributed by atoms with E-state index in [1.165, 1.54) is 0 Å². The number of amides is 1. The van der Waals surface area contributed by atoms with Gasteiger partial charge < -0.3 is 10.6 Å². The standard InChI is InChI=1S/C15H25ClN4O/c1-9(2)8-20-14(16)13(11(4)18-20)12-6-5-7-19(12)15(21)10(3)17/h9-10,12H,5-8,17H2,1-4H3/t10-,12?/m1/s1. The van der Waals surface area contributed by atoms with E-state index in [2.05, 4.69) is 18.9 Å². The summed E-state index contributed by atoms with van der Waals surface area (Å²) in [6.45, 7) is 9.49. The smallest absolute Gasteiger partial charge is 0.239 e. The van der Waals surface area contributed by atoms with Crippen molar-refractivity contribution in [2.75, 3.05) is 6.54 Å². The van der Waals surface area contributed by atoms with Gasteiger partial charge in [0.1, 0.15) is 5.15 Å². The molecule has 5 nitrogen and oxygen atoms in total. The third kappa shape index (κ3) is 3.24. The summed E-state index contributed by atoms with van der Waals surface area (Å²) in [5.41, 5.74) is 7.66. The first-order valence-electron chi connectivity index (χ1n) is 7.61. The zero-order chi connectivity index (χ0) is 15.7. The minimum absolute atomic E-state index is 0.00965. The molecule has 1 aromatic rings. The Morgan fingerprint density at radius 1 is 1.48 bits per heavy atom. The Hall–Kier alpha value is -1.07. The second-order valence-electron chi connectivity index (χ2n) is 6.34. The molecule has 2 heterocycles. The summed E-state index contributed by atoms with van der Waals surface area (Å²) in [5, 5.41) is 5.21. The fourth-order valence-electron chi connectivity index (χ4n) is 3.00. The number of carbonyl (C=O) groups excluding carboxylic acids is 1. The van der Waals surface area contributed by atoms with Gasteiger partial charge in [-0.05, 0) is 32.6 Å². The van der Waals surface area contributed by atoms with E-state index in [0.29, 0.717) is 11.1 Å². The summed E-state index contributed by atoms with van der Waals surface area (Å²) in [5.74, 6) is 0.463. The average molecular weight is 313 g/mol. The van der Waals surface area contributed by atoms with E-state index in [4.69, 9.17) is 17.3 Å². The van der Waals surface area contributed by atoms with Gasteiger partial charge in [-0.3, -0.25) is 9.48 Å². The van der Waals surface area contributed by atoms with Crippen molar-refractivity contribution in [3.8, 4) is 0 Å². The summed E-state index contributed by atoms with van der Waals surface area (Å²) >= 11 is 6.53. The van der Waals surface area contributed by atoms with Gasteiger partial charge in [0.2, 0.25) is 5.91 Å². The molecule has 0 aliphatic carbocycles. The van der Waals surface area contributed by atoms with Crippen LogP contribution in [-0.4, -0.2) is 33.2 Å². The van der Waals surface area contributed by atoms with Gasteiger partial charge in [-0.2, -0.15) is 5.10 Å².